The van der Waals surface area contributed by atoms with Gasteiger partial charge in [-0.15, -0.1) is 0 Å². The van der Waals surface area contributed by atoms with E-state index in [-0.39, 0.29) is 18.9 Å². The number of piperidine rings is 1. The Morgan fingerprint density at radius 3 is 2.77 bits per heavy atom. The van der Waals surface area contributed by atoms with Crippen LogP contribution in [0.25, 0.3) is 0 Å². The first-order valence-corrected chi connectivity index (χ1v) is 11.2. The van der Waals surface area contributed by atoms with Gasteiger partial charge in [0.1, 0.15) is 18.8 Å². The van der Waals surface area contributed by atoms with Crippen LogP contribution in [-0.4, -0.2) is 42.0 Å². The molecule has 2 aliphatic heterocycles. The summed E-state index contributed by atoms with van der Waals surface area (Å²) in [6.07, 6.45) is -0.452. The molecule has 0 radical (unpaired) electrons. The van der Waals surface area contributed by atoms with Gasteiger partial charge in [-0.25, -0.2) is 4.79 Å². The first kappa shape index (κ1) is 19.0. The summed E-state index contributed by atoms with van der Waals surface area (Å²) in [5.41, 5.74) is 1.67. The molecule has 1 aromatic carbocycles. The lowest BCUT2D eigenvalue weighted by Crippen LogP contribution is -2.52. The third-order valence-corrected chi connectivity index (χ3v) is 5.09. The van der Waals surface area contributed by atoms with Crippen LogP contribution < -0.4 is 5.32 Å². The average molecular weight is 486 g/mol. The molecule has 1 aromatic rings. The maximum absolute atomic E-state index is 12.2. The summed E-state index contributed by atoms with van der Waals surface area (Å²) in [4.78, 5) is 36.8. The highest BCUT2D eigenvalue weighted by Crippen LogP contribution is 2.29. The van der Waals surface area contributed by atoms with Crippen molar-refractivity contribution in [2.45, 2.75) is 25.0 Å². The Labute approximate surface area is 166 Å². The Bertz CT molecular complexity index is 774. The normalized spacial score (nSPS) is 22.5. The van der Waals surface area contributed by atoms with Gasteiger partial charge in [0.15, 0.2) is 0 Å². The third-order valence-electron chi connectivity index (χ3n) is 4.12. The van der Waals surface area contributed by atoms with E-state index in [0.29, 0.717) is 13.0 Å². The molecule has 0 saturated carbocycles. The van der Waals surface area contributed by atoms with Crippen molar-refractivity contribution in [2.24, 2.45) is 0 Å². The molecule has 2 saturated heterocycles. The lowest BCUT2D eigenvalue weighted by Gasteiger charge is -2.27. The van der Waals surface area contributed by atoms with E-state index in [1.807, 2.05) is 45.5 Å². The number of hydrogen-bond acceptors (Lipinski definition) is 6. The number of nitrogens with one attached hydrogen (secondary N) is 1. The van der Waals surface area contributed by atoms with Crippen molar-refractivity contribution < 1.29 is 23.3 Å². The van der Waals surface area contributed by atoms with Crippen molar-refractivity contribution in [1.82, 2.24) is 10.2 Å². The molecule has 2 aliphatic rings. The summed E-state index contributed by atoms with van der Waals surface area (Å²) >= 11 is 2.03. The summed E-state index contributed by atoms with van der Waals surface area (Å²) in [6.45, 7) is 0.618. The van der Waals surface area contributed by atoms with E-state index in [4.69, 9.17) is 8.92 Å². The van der Waals surface area contributed by atoms with E-state index >= 15 is 0 Å². The molecule has 0 aliphatic carbocycles. The molecule has 2 atom stereocenters. The van der Waals surface area contributed by atoms with Gasteiger partial charge in [-0.2, -0.15) is 0 Å². The maximum atomic E-state index is 12.2. The van der Waals surface area contributed by atoms with Crippen molar-refractivity contribution in [3.63, 3.8) is 0 Å². The summed E-state index contributed by atoms with van der Waals surface area (Å²) in [7, 11) is 1.24. The summed E-state index contributed by atoms with van der Waals surface area (Å²) in [5.74, 6) is 5.12. The van der Waals surface area contributed by atoms with Gasteiger partial charge in [0.25, 0.3) is 0 Å². The molecular formula is C17H15IN2O5S. The zero-order chi connectivity index (χ0) is 18.5. The van der Waals surface area contributed by atoms with Gasteiger partial charge in [-0.3, -0.25) is 24.0 Å². The number of cyclic esters (lactones) is 1. The Morgan fingerprint density at radius 2 is 2.08 bits per heavy atom. The van der Waals surface area contributed by atoms with E-state index in [2.05, 4.69) is 17.2 Å². The van der Waals surface area contributed by atoms with E-state index in [1.54, 1.807) is 0 Å². The number of hydrogen-bond donors (Lipinski definition) is 1. The number of benzene rings is 1. The highest BCUT2D eigenvalue weighted by Gasteiger charge is 2.41. The quantitative estimate of drug-likeness (QED) is 0.231. The lowest BCUT2D eigenvalue weighted by molar-refractivity contribution is -0.136. The topological polar surface area (TPSA) is 84.9 Å². The summed E-state index contributed by atoms with van der Waals surface area (Å²) < 4.78 is 10.5. The maximum Gasteiger partial charge on any atom is 0.411 e. The van der Waals surface area contributed by atoms with Gasteiger partial charge in [-0.1, -0.05) is 24.0 Å². The second-order valence-corrected chi connectivity index (χ2v) is 7.18. The molecule has 0 bridgehead atoms. The van der Waals surface area contributed by atoms with Crippen molar-refractivity contribution in [3.8, 4) is 11.8 Å². The number of carbonyl (C=O) groups is 3. The monoisotopic (exact) mass is 486 g/mol. The van der Waals surface area contributed by atoms with Crippen LogP contribution in [0.2, 0.25) is 0 Å². The second-order valence-electron chi connectivity index (χ2n) is 5.74. The fourth-order valence-corrected chi connectivity index (χ4v) is 3.34. The number of rotatable bonds is 4. The smallest absolute Gasteiger partial charge is 0.411 e. The minimum Gasteiger partial charge on any atom is -0.439 e. The molecular weight excluding hydrogens is 471 g/mol. The zero-order valence-corrected chi connectivity index (χ0v) is 16.5. The van der Waals surface area contributed by atoms with Crippen molar-refractivity contribution >= 4 is 48.3 Å². The van der Waals surface area contributed by atoms with E-state index in [0.717, 1.165) is 11.1 Å². The molecule has 1 unspecified atom stereocenters. The molecule has 136 valence electrons. The fraction of sp³-hybridized carbons (Fsp3) is 0.353. The average Bonchev–Trinajstić information content (AvgIpc) is 3.01. The van der Waals surface area contributed by atoms with Gasteiger partial charge in [0.2, 0.25) is 11.8 Å². The number of nitrogens with zero attached hydrogens (tertiary/aromatic N) is 1. The Kier molecular flexibility index (Phi) is 6.39. The van der Waals surface area contributed by atoms with E-state index in [9.17, 15) is 14.4 Å². The molecule has 7 nitrogen and oxygen atoms in total. The SMILES string of the molecule is O=C1CCC(N2C[C@H](c3ccc(C#CCOSI)cc3)OC2=O)C(=O)N1. The minimum absolute atomic E-state index is 0.220. The Balaban J connectivity index is 1.64. The van der Waals surface area contributed by atoms with Crippen molar-refractivity contribution in [2.75, 3.05) is 13.2 Å². The molecule has 26 heavy (non-hydrogen) atoms. The standard InChI is InChI=1S/C17H15IN2O5S/c18-26-24-9-1-2-11-3-5-12(6-4-11)14-10-20(17(23)25-14)13-7-8-15(21)19-16(13)22/h3-6,13-14H,7-10H2,(H,19,21,22)/t13?,14-/m1/s1. The number of ether oxygens (including phenoxy) is 1. The van der Waals surface area contributed by atoms with Crippen molar-refractivity contribution in [1.29, 1.82) is 0 Å². The zero-order valence-electron chi connectivity index (χ0n) is 13.6. The number of amides is 3. The Morgan fingerprint density at radius 1 is 1.31 bits per heavy atom. The predicted molar refractivity (Wildman–Crippen MR) is 103 cm³/mol. The first-order chi connectivity index (χ1) is 12.6. The lowest BCUT2D eigenvalue weighted by atomic mass is 10.0. The second kappa shape index (κ2) is 8.75. The van der Waals surface area contributed by atoms with E-state index < -0.39 is 24.1 Å². The molecule has 0 spiro atoms. The number of halogens is 1. The first-order valence-electron chi connectivity index (χ1n) is 7.88. The minimum atomic E-state index is -0.661. The van der Waals surface area contributed by atoms with Crippen LogP contribution in [0.5, 0.6) is 0 Å². The largest absolute Gasteiger partial charge is 0.439 e. The predicted octanol–water partition coefficient (Wildman–Crippen LogP) is 2.35. The van der Waals surface area contributed by atoms with Gasteiger partial charge in [0, 0.05) is 33.2 Å². The van der Waals surface area contributed by atoms with Crippen LogP contribution in [0.4, 0.5) is 4.79 Å². The highest BCUT2D eigenvalue weighted by molar-refractivity contribution is 14.2. The molecule has 3 rings (SSSR count). The van der Waals surface area contributed by atoms with Gasteiger partial charge in [0.05, 0.1) is 15.8 Å². The van der Waals surface area contributed by atoms with Crippen LogP contribution in [0.1, 0.15) is 30.1 Å². The third kappa shape index (κ3) is 4.49. The van der Waals surface area contributed by atoms with Crippen LogP contribution in [-0.2, 0) is 18.5 Å². The highest BCUT2D eigenvalue weighted by atomic mass is 127. The molecule has 2 heterocycles. The molecule has 9 heteroatoms. The fourth-order valence-electron chi connectivity index (χ4n) is 2.86. The van der Waals surface area contributed by atoms with Crippen LogP contribution in [0, 0.1) is 11.8 Å². The molecule has 0 aromatic heterocycles. The molecule has 2 fully saturated rings. The number of carbonyl (C=O) groups excluding carboxylic acids is 3. The van der Waals surface area contributed by atoms with Gasteiger partial charge in [-0.05, 0) is 24.1 Å². The number of imide groups is 1. The van der Waals surface area contributed by atoms with Gasteiger partial charge < -0.3 is 4.74 Å². The van der Waals surface area contributed by atoms with Crippen LogP contribution in [0.15, 0.2) is 24.3 Å². The van der Waals surface area contributed by atoms with E-state index in [1.165, 1.54) is 14.1 Å². The van der Waals surface area contributed by atoms with Gasteiger partial charge >= 0.3 is 6.09 Å². The van der Waals surface area contributed by atoms with Crippen LogP contribution >= 0.6 is 30.4 Å². The van der Waals surface area contributed by atoms with Crippen molar-refractivity contribution in [3.05, 3.63) is 35.4 Å². The summed E-state index contributed by atoms with van der Waals surface area (Å²) in [6, 6.07) is 6.74. The molecule has 1 N–H and O–H groups in total. The molecule has 3 amide bonds. The van der Waals surface area contributed by atoms with Crippen LogP contribution in [0.3, 0.4) is 0 Å². The summed E-state index contributed by atoms with van der Waals surface area (Å²) in [5, 5.41) is 2.26. The Hall–Kier alpha value is -1.77.